The van der Waals surface area contributed by atoms with E-state index in [4.69, 9.17) is 23.2 Å². The molecule has 0 aliphatic carbocycles. The van der Waals surface area contributed by atoms with Crippen LogP contribution in [0.5, 0.6) is 0 Å². The highest BCUT2D eigenvalue weighted by Gasteiger charge is 2.34. The number of rotatable bonds is 2. The topological polar surface area (TPSA) is 52.2 Å². The molecule has 0 aliphatic rings. The first-order valence-electron chi connectivity index (χ1n) is 6.64. The van der Waals surface area contributed by atoms with Crippen molar-refractivity contribution in [2.75, 3.05) is 0 Å². The van der Waals surface area contributed by atoms with Gasteiger partial charge in [-0.3, -0.25) is 4.79 Å². The van der Waals surface area contributed by atoms with Crippen LogP contribution in [-0.4, -0.2) is 19.2 Å². The van der Waals surface area contributed by atoms with E-state index in [0.717, 1.165) is 6.07 Å². The maximum atomic E-state index is 12.9. The first-order valence-corrected chi connectivity index (χ1v) is 7.40. The van der Waals surface area contributed by atoms with Crippen LogP contribution in [0.1, 0.15) is 17.0 Å². The molecule has 0 saturated heterocycles. The van der Waals surface area contributed by atoms with Crippen molar-refractivity contribution in [1.29, 1.82) is 0 Å². The van der Waals surface area contributed by atoms with E-state index in [0.29, 0.717) is 20.8 Å². The van der Waals surface area contributed by atoms with Gasteiger partial charge >= 0.3 is 6.18 Å². The summed E-state index contributed by atoms with van der Waals surface area (Å²) in [5, 5.41) is 3.88. The number of halogens is 5. The maximum Gasteiger partial charge on any atom is 0.435 e. The summed E-state index contributed by atoms with van der Waals surface area (Å²) >= 11 is 11.8. The van der Waals surface area contributed by atoms with Crippen molar-refractivity contribution < 1.29 is 13.2 Å². The number of nitrogens with zero attached hydrogens (tertiary/aromatic N) is 4. The Morgan fingerprint density at radius 1 is 1.21 bits per heavy atom. The fourth-order valence-electron chi connectivity index (χ4n) is 2.29. The molecule has 0 fully saturated rings. The van der Waals surface area contributed by atoms with Gasteiger partial charge in [-0.2, -0.15) is 22.8 Å². The molecule has 0 aromatic carbocycles. The van der Waals surface area contributed by atoms with Crippen molar-refractivity contribution in [2.45, 2.75) is 19.6 Å². The average molecular weight is 377 g/mol. The lowest BCUT2D eigenvalue weighted by molar-refractivity contribution is -0.141. The first-order chi connectivity index (χ1) is 11.2. The lowest BCUT2D eigenvalue weighted by Crippen LogP contribution is -2.20. The SMILES string of the molecule is Cc1cc(=O)n2nc(C(F)(F)F)cc2n1Cc1cnc(Cl)cc1Cl. The van der Waals surface area contributed by atoms with E-state index in [1.54, 1.807) is 6.92 Å². The standard InChI is InChI=1S/C14H9Cl2F3N4O/c1-7-2-13(24)23-12(4-10(21-23)14(17,18)19)22(7)6-8-5-20-11(16)3-9(8)15/h2-5H,6H2,1H3. The summed E-state index contributed by atoms with van der Waals surface area (Å²) in [5.41, 5.74) is -0.760. The predicted molar refractivity (Wildman–Crippen MR) is 82.6 cm³/mol. The Bertz CT molecular complexity index is 994. The minimum Gasteiger partial charge on any atom is -0.325 e. The predicted octanol–water partition coefficient (Wildman–Crippen LogP) is 3.57. The second-order valence-electron chi connectivity index (χ2n) is 5.11. The monoisotopic (exact) mass is 376 g/mol. The van der Waals surface area contributed by atoms with Crippen LogP contribution in [0.2, 0.25) is 10.2 Å². The van der Waals surface area contributed by atoms with E-state index in [1.165, 1.54) is 22.9 Å². The lowest BCUT2D eigenvalue weighted by Gasteiger charge is -2.13. The van der Waals surface area contributed by atoms with Crippen LogP contribution < -0.4 is 5.56 Å². The fourth-order valence-corrected chi connectivity index (χ4v) is 2.72. The number of aromatic nitrogens is 4. The van der Waals surface area contributed by atoms with E-state index in [2.05, 4.69) is 10.1 Å². The number of fused-ring (bicyclic) bond motifs is 1. The molecule has 3 heterocycles. The van der Waals surface area contributed by atoms with E-state index in [1.807, 2.05) is 0 Å². The van der Waals surface area contributed by atoms with Crippen LogP contribution in [-0.2, 0) is 12.7 Å². The molecule has 0 saturated carbocycles. The number of hydrogen-bond donors (Lipinski definition) is 0. The van der Waals surface area contributed by atoms with Crippen molar-refractivity contribution in [3.8, 4) is 0 Å². The molecule has 0 atom stereocenters. The molecule has 0 spiro atoms. The van der Waals surface area contributed by atoms with Gasteiger partial charge in [0.15, 0.2) is 5.69 Å². The van der Waals surface area contributed by atoms with Crippen LogP contribution in [0, 0.1) is 6.92 Å². The zero-order valence-electron chi connectivity index (χ0n) is 12.1. The smallest absolute Gasteiger partial charge is 0.325 e. The average Bonchev–Trinajstić information content (AvgIpc) is 2.91. The number of alkyl halides is 3. The highest BCUT2D eigenvalue weighted by atomic mass is 35.5. The van der Waals surface area contributed by atoms with Gasteiger partial charge in [0.25, 0.3) is 5.56 Å². The van der Waals surface area contributed by atoms with Crippen LogP contribution in [0.4, 0.5) is 13.2 Å². The highest BCUT2D eigenvalue weighted by Crippen LogP contribution is 2.29. The molecule has 3 rings (SSSR count). The Morgan fingerprint density at radius 3 is 2.54 bits per heavy atom. The van der Waals surface area contributed by atoms with Gasteiger partial charge in [0.05, 0.1) is 11.6 Å². The van der Waals surface area contributed by atoms with Gasteiger partial charge in [0.2, 0.25) is 0 Å². The number of pyridine rings is 1. The molecule has 10 heteroatoms. The van der Waals surface area contributed by atoms with Gasteiger partial charge < -0.3 is 4.57 Å². The Morgan fingerprint density at radius 2 is 1.92 bits per heavy atom. The summed E-state index contributed by atoms with van der Waals surface area (Å²) in [6, 6.07) is 3.47. The normalized spacial score (nSPS) is 12.1. The Hall–Kier alpha value is -2.06. The van der Waals surface area contributed by atoms with Gasteiger partial charge in [0.1, 0.15) is 10.8 Å². The van der Waals surface area contributed by atoms with Gasteiger partial charge in [-0.05, 0) is 13.0 Å². The van der Waals surface area contributed by atoms with Gasteiger partial charge in [0, 0.05) is 29.6 Å². The van der Waals surface area contributed by atoms with Crippen molar-refractivity contribution in [3.05, 3.63) is 61.9 Å². The van der Waals surface area contributed by atoms with Crippen LogP contribution in [0.25, 0.3) is 5.65 Å². The van der Waals surface area contributed by atoms with E-state index < -0.39 is 17.4 Å². The lowest BCUT2D eigenvalue weighted by atomic mass is 10.2. The molecule has 0 amide bonds. The molecule has 0 bridgehead atoms. The number of aryl methyl sites for hydroxylation is 1. The molecule has 3 aromatic rings. The largest absolute Gasteiger partial charge is 0.435 e. The third kappa shape index (κ3) is 2.99. The Labute approximate surface area is 143 Å². The molecule has 0 unspecified atom stereocenters. The Kier molecular flexibility index (Phi) is 4.05. The van der Waals surface area contributed by atoms with Gasteiger partial charge in [-0.25, -0.2) is 4.98 Å². The van der Waals surface area contributed by atoms with Crippen LogP contribution in [0.3, 0.4) is 0 Å². The quantitative estimate of drug-likeness (QED) is 0.642. The second-order valence-corrected chi connectivity index (χ2v) is 5.90. The van der Waals surface area contributed by atoms with Crippen molar-refractivity contribution >= 4 is 28.8 Å². The minimum absolute atomic E-state index is 0.0124. The van der Waals surface area contributed by atoms with E-state index in [9.17, 15) is 18.0 Å². The maximum absolute atomic E-state index is 12.9. The molecule has 0 N–H and O–H groups in total. The molecule has 126 valence electrons. The summed E-state index contributed by atoms with van der Waals surface area (Å²) in [4.78, 5) is 15.8. The van der Waals surface area contributed by atoms with E-state index in [-0.39, 0.29) is 17.3 Å². The third-order valence-electron chi connectivity index (χ3n) is 3.45. The first kappa shape index (κ1) is 16.8. The summed E-state index contributed by atoms with van der Waals surface area (Å²) in [6.07, 6.45) is -3.22. The zero-order chi connectivity index (χ0) is 17.6. The van der Waals surface area contributed by atoms with Crippen LogP contribution >= 0.6 is 23.2 Å². The molecule has 0 aliphatic heterocycles. The van der Waals surface area contributed by atoms with Crippen molar-refractivity contribution in [3.63, 3.8) is 0 Å². The third-order valence-corrected chi connectivity index (χ3v) is 4.01. The minimum atomic E-state index is -4.65. The molecular formula is C14H9Cl2F3N4O. The molecule has 0 radical (unpaired) electrons. The zero-order valence-corrected chi connectivity index (χ0v) is 13.6. The molecule has 5 nitrogen and oxygen atoms in total. The highest BCUT2D eigenvalue weighted by molar-refractivity contribution is 6.34. The van der Waals surface area contributed by atoms with Crippen LogP contribution in [0.15, 0.2) is 29.2 Å². The second kappa shape index (κ2) is 5.78. The van der Waals surface area contributed by atoms with Gasteiger partial charge in [-0.1, -0.05) is 23.2 Å². The van der Waals surface area contributed by atoms with Gasteiger partial charge in [-0.15, -0.1) is 0 Å². The summed E-state index contributed by atoms with van der Waals surface area (Å²) < 4.78 is 40.9. The van der Waals surface area contributed by atoms with E-state index >= 15 is 0 Å². The Balaban J connectivity index is 2.20. The number of hydrogen-bond acceptors (Lipinski definition) is 3. The molecule has 3 aromatic heterocycles. The van der Waals surface area contributed by atoms with Crippen molar-refractivity contribution in [1.82, 2.24) is 19.2 Å². The summed E-state index contributed by atoms with van der Waals surface area (Å²) in [7, 11) is 0. The summed E-state index contributed by atoms with van der Waals surface area (Å²) in [5.74, 6) is 0. The summed E-state index contributed by atoms with van der Waals surface area (Å²) in [6.45, 7) is 1.72. The molecule has 24 heavy (non-hydrogen) atoms. The van der Waals surface area contributed by atoms with Crippen molar-refractivity contribution in [2.24, 2.45) is 0 Å². The molecular weight excluding hydrogens is 368 g/mol. The fraction of sp³-hybridized carbons (Fsp3) is 0.214.